The molecule has 2 aliphatic rings. The number of methoxy groups -OCH3 is 1. The first-order valence-corrected chi connectivity index (χ1v) is 7.84. The standard InChI is InChI=1S/C17H22N2O3/c1-11-7-8-12-13(9-11)17(21)19(16(12)20)10-18-14-5-3-4-6-15(14)22-2/h3-6,11-13,18H,7-10H2,1-2H3/t11-,12-,13+/m1/s1. The van der Waals surface area contributed by atoms with E-state index in [1.807, 2.05) is 24.3 Å². The number of carbonyl (C=O) groups excluding carboxylic acids is 2. The van der Waals surface area contributed by atoms with Gasteiger partial charge in [-0.25, -0.2) is 0 Å². The Kier molecular flexibility index (Phi) is 4.05. The molecule has 1 saturated heterocycles. The van der Waals surface area contributed by atoms with Crippen molar-refractivity contribution in [3.05, 3.63) is 24.3 Å². The third-order valence-corrected chi connectivity index (χ3v) is 4.81. The number of anilines is 1. The van der Waals surface area contributed by atoms with Gasteiger partial charge in [0.2, 0.25) is 11.8 Å². The first-order chi connectivity index (χ1) is 10.6. The average Bonchev–Trinajstić information content (AvgIpc) is 2.76. The molecule has 1 saturated carbocycles. The lowest BCUT2D eigenvalue weighted by molar-refractivity contribution is -0.139. The Morgan fingerprint density at radius 1 is 1.18 bits per heavy atom. The summed E-state index contributed by atoms with van der Waals surface area (Å²) in [5.74, 6) is 0.958. The summed E-state index contributed by atoms with van der Waals surface area (Å²) in [6.45, 7) is 2.36. The zero-order valence-corrected chi connectivity index (χ0v) is 13.0. The van der Waals surface area contributed by atoms with Gasteiger partial charge in [0.1, 0.15) is 5.75 Å². The van der Waals surface area contributed by atoms with E-state index in [0.717, 1.165) is 24.9 Å². The molecule has 1 heterocycles. The normalized spacial score (nSPS) is 27.7. The minimum Gasteiger partial charge on any atom is -0.495 e. The number of ether oxygens (including phenoxy) is 1. The summed E-state index contributed by atoms with van der Waals surface area (Å²) in [7, 11) is 1.60. The van der Waals surface area contributed by atoms with Crippen LogP contribution in [0, 0.1) is 17.8 Å². The Morgan fingerprint density at radius 2 is 1.91 bits per heavy atom. The van der Waals surface area contributed by atoms with Gasteiger partial charge in [-0.3, -0.25) is 14.5 Å². The second-order valence-corrected chi connectivity index (χ2v) is 6.27. The van der Waals surface area contributed by atoms with Crippen LogP contribution >= 0.6 is 0 Å². The molecule has 1 aliphatic carbocycles. The molecule has 118 valence electrons. The van der Waals surface area contributed by atoms with E-state index in [-0.39, 0.29) is 30.3 Å². The molecule has 1 N–H and O–H groups in total. The quantitative estimate of drug-likeness (QED) is 0.868. The fraction of sp³-hybridized carbons (Fsp3) is 0.529. The second-order valence-electron chi connectivity index (χ2n) is 6.27. The minimum atomic E-state index is -0.115. The maximum absolute atomic E-state index is 12.5. The molecule has 0 spiro atoms. The van der Waals surface area contributed by atoms with Crippen LogP contribution in [0.2, 0.25) is 0 Å². The van der Waals surface area contributed by atoms with Crippen LogP contribution in [-0.2, 0) is 9.59 Å². The molecule has 0 unspecified atom stereocenters. The first kappa shape index (κ1) is 14.9. The molecule has 0 aromatic heterocycles. The molecule has 3 atom stereocenters. The van der Waals surface area contributed by atoms with Crippen LogP contribution in [0.25, 0.3) is 0 Å². The summed E-state index contributed by atoms with van der Waals surface area (Å²) in [4.78, 5) is 26.3. The van der Waals surface area contributed by atoms with Crippen molar-refractivity contribution in [1.29, 1.82) is 0 Å². The monoisotopic (exact) mass is 302 g/mol. The minimum absolute atomic E-state index is 0.0238. The van der Waals surface area contributed by atoms with E-state index in [9.17, 15) is 9.59 Å². The lowest BCUT2D eigenvalue weighted by Gasteiger charge is -2.25. The van der Waals surface area contributed by atoms with Gasteiger partial charge in [0, 0.05) is 0 Å². The maximum atomic E-state index is 12.5. The van der Waals surface area contributed by atoms with Gasteiger partial charge in [-0.1, -0.05) is 19.1 Å². The Hall–Kier alpha value is -2.04. The van der Waals surface area contributed by atoms with Crippen molar-refractivity contribution >= 4 is 17.5 Å². The number of fused-ring (bicyclic) bond motifs is 1. The van der Waals surface area contributed by atoms with Gasteiger partial charge in [-0.15, -0.1) is 0 Å². The fourth-order valence-corrected chi connectivity index (χ4v) is 3.57. The van der Waals surface area contributed by atoms with E-state index in [2.05, 4.69) is 12.2 Å². The summed E-state index contributed by atoms with van der Waals surface area (Å²) >= 11 is 0. The lowest BCUT2D eigenvalue weighted by atomic mass is 9.76. The predicted octanol–water partition coefficient (Wildman–Crippen LogP) is 2.49. The topological polar surface area (TPSA) is 58.6 Å². The number of carbonyl (C=O) groups is 2. The zero-order valence-electron chi connectivity index (χ0n) is 13.0. The van der Waals surface area contributed by atoms with Crippen molar-refractivity contribution in [2.24, 2.45) is 17.8 Å². The summed E-state index contributed by atoms with van der Waals surface area (Å²) in [5, 5.41) is 3.15. The molecule has 5 nitrogen and oxygen atoms in total. The lowest BCUT2D eigenvalue weighted by Crippen LogP contribution is -2.35. The SMILES string of the molecule is COc1ccccc1NCN1C(=O)[C@H]2C[C@H](C)CC[C@H]2C1=O. The number of nitrogens with one attached hydrogen (secondary N) is 1. The van der Waals surface area contributed by atoms with Crippen LogP contribution in [-0.4, -0.2) is 30.5 Å². The van der Waals surface area contributed by atoms with Gasteiger partial charge >= 0.3 is 0 Å². The Bertz CT molecular complexity index is 587. The Morgan fingerprint density at radius 3 is 2.68 bits per heavy atom. The summed E-state index contributed by atoms with van der Waals surface area (Å²) in [6.07, 6.45) is 2.70. The number of imide groups is 1. The second kappa shape index (κ2) is 5.99. The van der Waals surface area contributed by atoms with Crippen LogP contribution < -0.4 is 10.1 Å². The largest absolute Gasteiger partial charge is 0.495 e. The van der Waals surface area contributed by atoms with Gasteiger partial charge in [-0.05, 0) is 37.3 Å². The van der Waals surface area contributed by atoms with Crippen molar-refractivity contribution in [2.45, 2.75) is 26.2 Å². The van der Waals surface area contributed by atoms with E-state index in [4.69, 9.17) is 4.74 Å². The molecule has 1 aromatic carbocycles. The molecule has 5 heteroatoms. The number of amides is 2. The van der Waals surface area contributed by atoms with Crippen LogP contribution in [0.5, 0.6) is 5.75 Å². The van der Waals surface area contributed by atoms with Crippen LogP contribution in [0.4, 0.5) is 5.69 Å². The average molecular weight is 302 g/mol. The van der Waals surface area contributed by atoms with Crippen molar-refractivity contribution in [2.75, 3.05) is 19.1 Å². The molecular weight excluding hydrogens is 280 g/mol. The highest BCUT2D eigenvalue weighted by molar-refractivity contribution is 6.05. The number of rotatable bonds is 4. The number of para-hydroxylation sites is 2. The van der Waals surface area contributed by atoms with Crippen molar-refractivity contribution in [3.63, 3.8) is 0 Å². The maximum Gasteiger partial charge on any atom is 0.234 e. The van der Waals surface area contributed by atoms with Crippen LogP contribution in [0.3, 0.4) is 0 Å². The van der Waals surface area contributed by atoms with E-state index in [1.54, 1.807) is 7.11 Å². The van der Waals surface area contributed by atoms with Crippen molar-refractivity contribution in [3.8, 4) is 5.75 Å². The molecule has 0 bridgehead atoms. The first-order valence-electron chi connectivity index (χ1n) is 7.84. The van der Waals surface area contributed by atoms with E-state index < -0.39 is 0 Å². The fourth-order valence-electron chi connectivity index (χ4n) is 3.57. The third kappa shape index (κ3) is 2.56. The van der Waals surface area contributed by atoms with E-state index in [0.29, 0.717) is 11.7 Å². The molecule has 0 radical (unpaired) electrons. The summed E-state index contributed by atoms with van der Waals surface area (Å²) < 4.78 is 5.27. The molecular formula is C17H22N2O3. The highest BCUT2D eigenvalue weighted by atomic mass is 16.5. The van der Waals surface area contributed by atoms with Gasteiger partial charge in [0.25, 0.3) is 0 Å². The molecule has 3 rings (SSSR count). The van der Waals surface area contributed by atoms with Gasteiger partial charge < -0.3 is 10.1 Å². The van der Waals surface area contributed by atoms with Crippen molar-refractivity contribution < 1.29 is 14.3 Å². The van der Waals surface area contributed by atoms with Gasteiger partial charge in [-0.2, -0.15) is 0 Å². The van der Waals surface area contributed by atoms with Gasteiger partial charge in [0.15, 0.2) is 0 Å². The van der Waals surface area contributed by atoms with Gasteiger partial charge in [0.05, 0.1) is 31.3 Å². The van der Waals surface area contributed by atoms with E-state index >= 15 is 0 Å². The predicted molar refractivity (Wildman–Crippen MR) is 83.3 cm³/mol. The summed E-state index contributed by atoms with van der Waals surface area (Å²) in [6, 6.07) is 7.49. The number of hydrogen-bond acceptors (Lipinski definition) is 4. The smallest absolute Gasteiger partial charge is 0.234 e. The van der Waals surface area contributed by atoms with Crippen LogP contribution in [0.1, 0.15) is 26.2 Å². The highest BCUT2D eigenvalue weighted by Gasteiger charge is 2.49. The zero-order chi connectivity index (χ0) is 15.7. The molecule has 2 fully saturated rings. The Balaban J connectivity index is 1.70. The number of benzene rings is 1. The number of nitrogens with zero attached hydrogens (tertiary/aromatic N) is 1. The Labute approximate surface area is 130 Å². The molecule has 22 heavy (non-hydrogen) atoms. The third-order valence-electron chi connectivity index (χ3n) is 4.81. The van der Waals surface area contributed by atoms with Crippen molar-refractivity contribution in [1.82, 2.24) is 4.90 Å². The number of hydrogen-bond donors (Lipinski definition) is 1. The highest BCUT2D eigenvalue weighted by Crippen LogP contribution is 2.40. The molecule has 1 aliphatic heterocycles. The van der Waals surface area contributed by atoms with E-state index in [1.165, 1.54) is 4.90 Å². The summed E-state index contributed by atoms with van der Waals surface area (Å²) in [5.41, 5.74) is 0.786. The number of likely N-dealkylation sites (tertiary alicyclic amines) is 1. The van der Waals surface area contributed by atoms with Crippen LogP contribution in [0.15, 0.2) is 24.3 Å². The molecule has 2 amide bonds. The molecule has 1 aromatic rings.